The minimum Gasteiger partial charge on any atom is -0.336 e. The molecule has 0 atom stereocenters. The summed E-state index contributed by atoms with van der Waals surface area (Å²) in [5.74, 6) is -0.323. The van der Waals surface area contributed by atoms with Crippen LogP contribution in [-0.2, 0) is 16.9 Å². The third kappa shape index (κ3) is 2.42. The molecule has 7 heteroatoms. The van der Waals surface area contributed by atoms with Gasteiger partial charge in [0, 0.05) is 32.1 Å². The molecule has 1 fully saturated rings. The molecule has 1 aromatic heterocycles. The lowest BCUT2D eigenvalue weighted by Gasteiger charge is -2.38. The van der Waals surface area contributed by atoms with Crippen LogP contribution in [0.25, 0.3) is 0 Å². The number of nitrogens with zero attached hydrogens (tertiary/aromatic N) is 2. The first-order valence-corrected chi connectivity index (χ1v) is 7.75. The highest BCUT2D eigenvalue weighted by Gasteiger charge is 2.39. The van der Waals surface area contributed by atoms with Crippen LogP contribution in [0.5, 0.6) is 0 Å². The zero-order valence-electron chi connectivity index (χ0n) is 10.9. The summed E-state index contributed by atoms with van der Waals surface area (Å²) in [5, 5.41) is -0.492. The molecule has 1 aliphatic rings. The summed E-state index contributed by atoms with van der Waals surface area (Å²) < 4.78 is 24.5. The smallest absolute Gasteiger partial charge is 0.263 e. The van der Waals surface area contributed by atoms with E-state index < -0.39 is 21.0 Å². The maximum Gasteiger partial charge on any atom is 0.263 e. The first-order valence-electron chi connectivity index (χ1n) is 6.03. The molecule has 104 valence electrons. The van der Waals surface area contributed by atoms with E-state index in [1.54, 1.807) is 26.2 Å². The number of pyridine rings is 1. The number of hydrogen-bond donors (Lipinski definition) is 0. The van der Waals surface area contributed by atoms with Crippen LogP contribution in [0.4, 0.5) is 0 Å². The maximum atomic E-state index is 12.1. The van der Waals surface area contributed by atoms with Crippen molar-refractivity contribution < 1.29 is 13.2 Å². The summed E-state index contributed by atoms with van der Waals surface area (Å²) in [6.45, 7) is 1.94. The maximum absolute atomic E-state index is 12.1. The summed E-state index contributed by atoms with van der Waals surface area (Å²) in [6.07, 6.45) is 1.57. The number of carbonyl (C=O) groups excluding carboxylic acids is 1. The van der Waals surface area contributed by atoms with Crippen LogP contribution in [0.2, 0.25) is 0 Å². The number of rotatable bonds is 3. The normalized spacial score (nSPS) is 16.2. The van der Waals surface area contributed by atoms with Gasteiger partial charge in [-0.2, -0.15) is 0 Å². The van der Waals surface area contributed by atoms with Crippen molar-refractivity contribution in [3.05, 3.63) is 34.2 Å². The average molecular weight is 284 g/mol. The monoisotopic (exact) mass is 284 g/mol. The topological polar surface area (TPSA) is 76.5 Å². The Morgan fingerprint density at radius 2 is 2.05 bits per heavy atom. The zero-order chi connectivity index (χ0) is 14.2. The molecule has 1 aromatic rings. The predicted molar refractivity (Wildman–Crippen MR) is 70.8 cm³/mol. The molecule has 1 saturated heterocycles. The fourth-order valence-corrected chi connectivity index (χ4v) is 3.28. The van der Waals surface area contributed by atoms with E-state index in [2.05, 4.69) is 0 Å². The molecule has 19 heavy (non-hydrogen) atoms. The van der Waals surface area contributed by atoms with E-state index in [1.165, 1.54) is 15.5 Å². The molecule has 2 rings (SSSR count). The highest BCUT2D eigenvalue weighted by atomic mass is 32.2. The summed E-state index contributed by atoms with van der Waals surface area (Å²) in [4.78, 5) is 25.3. The lowest BCUT2D eigenvalue weighted by atomic mass is 10.1. The Bertz CT molecular complexity index is 657. The van der Waals surface area contributed by atoms with E-state index in [1.807, 2.05) is 0 Å². The SMILES string of the molecule is CCS(=O)(=O)C1CN(C(=O)c2cccn(C)c2=O)C1. The summed E-state index contributed by atoms with van der Waals surface area (Å²) in [5.41, 5.74) is -0.286. The predicted octanol–water partition coefficient (Wildman–Crippen LogP) is -0.356. The second-order valence-corrected chi connectivity index (χ2v) is 7.19. The second-order valence-electron chi connectivity index (χ2n) is 4.62. The summed E-state index contributed by atoms with van der Waals surface area (Å²) >= 11 is 0. The van der Waals surface area contributed by atoms with Crippen LogP contribution in [0.3, 0.4) is 0 Å². The van der Waals surface area contributed by atoms with Gasteiger partial charge in [-0.1, -0.05) is 6.92 Å². The Morgan fingerprint density at radius 1 is 1.42 bits per heavy atom. The first-order chi connectivity index (χ1) is 8.86. The largest absolute Gasteiger partial charge is 0.336 e. The first kappa shape index (κ1) is 13.8. The molecule has 0 aromatic carbocycles. The Hall–Kier alpha value is -1.63. The number of hydrogen-bond acceptors (Lipinski definition) is 4. The fraction of sp³-hybridized carbons (Fsp3) is 0.500. The molecule has 0 spiro atoms. The number of likely N-dealkylation sites (tertiary alicyclic amines) is 1. The number of amides is 1. The molecular formula is C12H16N2O4S. The van der Waals surface area contributed by atoms with Gasteiger partial charge >= 0.3 is 0 Å². The molecule has 0 radical (unpaired) electrons. The zero-order valence-corrected chi connectivity index (χ0v) is 11.7. The number of aryl methyl sites for hydroxylation is 1. The molecule has 0 unspecified atom stereocenters. The lowest BCUT2D eigenvalue weighted by Crippen LogP contribution is -2.57. The minimum atomic E-state index is -3.11. The number of aromatic nitrogens is 1. The Morgan fingerprint density at radius 3 is 2.63 bits per heavy atom. The van der Waals surface area contributed by atoms with Crippen LogP contribution in [-0.4, -0.2) is 47.9 Å². The summed E-state index contributed by atoms with van der Waals surface area (Å²) in [7, 11) is -1.54. The van der Waals surface area contributed by atoms with Crippen molar-refractivity contribution in [1.82, 2.24) is 9.47 Å². The molecule has 1 amide bonds. The fourth-order valence-electron chi connectivity index (χ4n) is 2.00. The minimum absolute atomic E-state index is 0.0762. The Kier molecular flexibility index (Phi) is 3.49. The number of sulfone groups is 1. The highest BCUT2D eigenvalue weighted by Crippen LogP contribution is 2.18. The molecule has 1 aliphatic heterocycles. The van der Waals surface area contributed by atoms with E-state index in [9.17, 15) is 18.0 Å². The van der Waals surface area contributed by atoms with Crippen molar-refractivity contribution in [2.24, 2.45) is 7.05 Å². The molecular weight excluding hydrogens is 268 g/mol. The van der Waals surface area contributed by atoms with Gasteiger partial charge in [-0.3, -0.25) is 9.59 Å². The Balaban J connectivity index is 2.13. The standard InChI is InChI=1S/C12H16N2O4S/c1-3-19(17,18)9-7-14(8-9)12(16)10-5-4-6-13(2)11(10)15/h4-6,9H,3,7-8H2,1-2H3. The molecule has 0 aliphatic carbocycles. The van der Waals surface area contributed by atoms with E-state index >= 15 is 0 Å². The lowest BCUT2D eigenvalue weighted by molar-refractivity contribution is 0.0656. The van der Waals surface area contributed by atoms with Crippen molar-refractivity contribution >= 4 is 15.7 Å². The van der Waals surface area contributed by atoms with Gasteiger partial charge in [0.05, 0.1) is 5.25 Å². The van der Waals surface area contributed by atoms with Gasteiger partial charge in [0.15, 0.2) is 9.84 Å². The van der Waals surface area contributed by atoms with Gasteiger partial charge in [0.25, 0.3) is 11.5 Å². The van der Waals surface area contributed by atoms with Gasteiger partial charge in [-0.05, 0) is 12.1 Å². The molecule has 2 heterocycles. The summed E-state index contributed by atoms with van der Waals surface area (Å²) in [6, 6.07) is 3.08. The van der Waals surface area contributed by atoms with Crippen molar-refractivity contribution in [2.45, 2.75) is 12.2 Å². The van der Waals surface area contributed by atoms with Crippen LogP contribution in [0.15, 0.2) is 23.1 Å². The van der Waals surface area contributed by atoms with Crippen LogP contribution in [0, 0.1) is 0 Å². The third-order valence-electron chi connectivity index (χ3n) is 3.40. The van der Waals surface area contributed by atoms with Gasteiger partial charge in [0.2, 0.25) is 0 Å². The van der Waals surface area contributed by atoms with Crippen LogP contribution in [0.1, 0.15) is 17.3 Å². The van der Waals surface area contributed by atoms with Crippen molar-refractivity contribution in [2.75, 3.05) is 18.8 Å². The van der Waals surface area contributed by atoms with Crippen molar-refractivity contribution in [3.63, 3.8) is 0 Å². The molecule has 0 bridgehead atoms. The molecule has 6 nitrogen and oxygen atoms in total. The average Bonchev–Trinajstić information content (AvgIpc) is 2.30. The van der Waals surface area contributed by atoms with Crippen molar-refractivity contribution in [1.29, 1.82) is 0 Å². The molecule has 0 saturated carbocycles. The van der Waals surface area contributed by atoms with Crippen LogP contribution < -0.4 is 5.56 Å². The Labute approximate surface area is 111 Å². The quantitative estimate of drug-likeness (QED) is 0.760. The van der Waals surface area contributed by atoms with Gasteiger partial charge in [0.1, 0.15) is 5.56 Å². The highest BCUT2D eigenvalue weighted by molar-refractivity contribution is 7.92. The van der Waals surface area contributed by atoms with Gasteiger partial charge in [-0.15, -0.1) is 0 Å². The van der Waals surface area contributed by atoms with Gasteiger partial charge < -0.3 is 9.47 Å². The van der Waals surface area contributed by atoms with Gasteiger partial charge in [-0.25, -0.2) is 8.42 Å². The van der Waals surface area contributed by atoms with Crippen molar-refractivity contribution in [3.8, 4) is 0 Å². The molecule has 0 N–H and O–H groups in total. The van der Waals surface area contributed by atoms with E-state index in [4.69, 9.17) is 0 Å². The van der Waals surface area contributed by atoms with Crippen LogP contribution >= 0.6 is 0 Å². The second kappa shape index (κ2) is 4.80. The van der Waals surface area contributed by atoms with E-state index in [-0.39, 0.29) is 30.0 Å². The third-order valence-corrected chi connectivity index (χ3v) is 5.52. The van der Waals surface area contributed by atoms with E-state index in [0.717, 1.165) is 0 Å². The van der Waals surface area contributed by atoms with E-state index in [0.29, 0.717) is 0 Å². The number of carbonyl (C=O) groups is 1.